The van der Waals surface area contributed by atoms with E-state index in [1.54, 1.807) is 18.9 Å². The minimum atomic E-state index is -2.86. The molecule has 9 heteroatoms. The number of hydrazine groups is 1. The van der Waals surface area contributed by atoms with Crippen molar-refractivity contribution < 1.29 is 18.7 Å². The molecule has 2 aliphatic carbocycles. The zero-order valence-electron chi connectivity index (χ0n) is 18.7. The lowest BCUT2D eigenvalue weighted by molar-refractivity contribution is -0.134. The number of hydrogen-bond donors (Lipinski definition) is 5. The Morgan fingerprint density at radius 1 is 1.23 bits per heavy atom. The second-order valence-electron chi connectivity index (χ2n) is 10.3. The van der Waals surface area contributed by atoms with E-state index in [2.05, 4.69) is 21.5 Å². The molecule has 2 aliphatic heterocycles. The van der Waals surface area contributed by atoms with Gasteiger partial charge in [-0.25, -0.2) is 19.6 Å². The van der Waals surface area contributed by atoms with E-state index >= 15 is 8.78 Å². The van der Waals surface area contributed by atoms with Gasteiger partial charge >= 0.3 is 0 Å². The average Bonchev–Trinajstić information content (AvgIpc) is 3.52. The zero-order valence-corrected chi connectivity index (χ0v) is 18.7. The van der Waals surface area contributed by atoms with Crippen LogP contribution in [0.2, 0.25) is 0 Å². The predicted molar refractivity (Wildman–Crippen MR) is 114 cm³/mol. The Kier molecular flexibility index (Phi) is 7.18. The van der Waals surface area contributed by atoms with Gasteiger partial charge in [0.1, 0.15) is 6.17 Å². The van der Waals surface area contributed by atoms with E-state index < -0.39 is 18.0 Å². The highest BCUT2D eigenvalue weighted by atomic mass is 19.3. The number of aliphatic hydroxyl groups is 1. The van der Waals surface area contributed by atoms with Crippen LogP contribution in [-0.4, -0.2) is 66.5 Å². The molecule has 4 fully saturated rings. The minimum Gasteiger partial charge on any atom is -0.396 e. The van der Waals surface area contributed by atoms with Crippen LogP contribution in [-0.2, 0) is 4.79 Å². The predicted octanol–water partition coefficient (Wildman–Crippen LogP) is 1.40. The lowest BCUT2D eigenvalue weighted by Crippen LogP contribution is -2.58. The topological polar surface area (TPSA) is 88.7 Å². The molecule has 0 aromatic rings. The third kappa shape index (κ3) is 5.05. The number of hydrogen-bond acceptors (Lipinski definition) is 6. The van der Waals surface area contributed by atoms with Gasteiger partial charge in [-0.1, -0.05) is 13.3 Å². The molecular formula is C22H39F2N5O2. The summed E-state index contributed by atoms with van der Waals surface area (Å²) in [5.74, 6) is -2.96. The maximum atomic E-state index is 15.2. The number of carbonyl (C=O) groups excluding carboxylic acids is 1. The SMILES string of the molecule is CC(C1CCCC(NC(=O)C2CCC(CO)C(C3CC3)N2)C1)C(F)(F)C1NNCN1C. The molecule has 0 bridgehead atoms. The first-order chi connectivity index (χ1) is 14.8. The van der Waals surface area contributed by atoms with Crippen molar-refractivity contribution in [2.45, 2.75) is 88.5 Å². The van der Waals surface area contributed by atoms with Gasteiger partial charge in [0.25, 0.3) is 5.92 Å². The molecule has 5 N–H and O–H groups in total. The molecule has 2 heterocycles. The molecule has 7 unspecified atom stereocenters. The molecular weight excluding hydrogens is 404 g/mol. The normalized spacial score (nSPS) is 38.7. The molecule has 0 aromatic carbocycles. The van der Waals surface area contributed by atoms with E-state index in [0.29, 0.717) is 19.0 Å². The Balaban J connectivity index is 1.32. The van der Waals surface area contributed by atoms with E-state index in [9.17, 15) is 9.90 Å². The van der Waals surface area contributed by atoms with Crippen LogP contribution in [0.25, 0.3) is 0 Å². The number of piperidine rings is 1. The first-order valence-electron chi connectivity index (χ1n) is 12.0. The van der Waals surface area contributed by atoms with Crippen LogP contribution in [0, 0.1) is 23.7 Å². The third-order valence-electron chi connectivity index (χ3n) is 8.16. The third-order valence-corrected chi connectivity index (χ3v) is 8.16. The van der Waals surface area contributed by atoms with Crippen LogP contribution in [0.3, 0.4) is 0 Å². The number of alkyl halides is 2. The fourth-order valence-electron chi connectivity index (χ4n) is 5.94. The van der Waals surface area contributed by atoms with Crippen LogP contribution >= 0.6 is 0 Å². The van der Waals surface area contributed by atoms with Crippen molar-refractivity contribution >= 4 is 5.91 Å². The fraction of sp³-hybridized carbons (Fsp3) is 0.955. The van der Waals surface area contributed by atoms with Crippen LogP contribution in [0.4, 0.5) is 8.78 Å². The van der Waals surface area contributed by atoms with Crippen LogP contribution in [0.1, 0.15) is 58.3 Å². The Morgan fingerprint density at radius 2 is 2.00 bits per heavy atom. The summed E-state index contributed by atoms with van der Waals surface area (Å²) in [4.78, 5) is 14.6. The first-order valence-corrected chi connectivity index (χ1v) is 12.0. The standard InChI is InChI=1S/C22H39F2N5O2/c1-13(22(23,24)21-28-25-12-29(21)2)15-4-3-5-17(10-15)26-20(31)18-9-8-16(11-30)19(27-18)14-6-7-14/h13-19,21,25,27-28,30H,3-12H2,1-2H3,(H,26,31). The van der Waals surface area contributed by atoms with Gasteiger partial charge in [-0.3, -0.25) is 9.69 Å². The van der Waals surface area contributed by atoms with E-state index in [4.69, 9.17) is 0 Å². The minimum absolute atomic E-state index is 0.00602. The highest BCUT2D eigenvalue weighted by molar-refractivity contribution is 5.82. The maximum Gasteiger partial charge on any atom is 0.280 e. The molecule has 0 spiro atoms. The molecule has 4 aliphatic rings. The Hall–Kier alpha value is -0.870. The second kappa shape index (κ2) is 9.55. The molecule has 0 radical (unpaired) electrons. The number of aliphatic hydroxyl groups excluding tert-OH is 1. The maximum absolute atomic E-state index is 15.2. The van der Waals surface area contributed by atoms with Crippen LogP contribution in [0.15, 0.2) is 0 Å². The van der Waals surface area contributed by atoms with Gasteiger partial charge in [-0.05, 0) is 69.7 Å². The number of amides is 1. The highest BCUT2D eigenvalue weighted by Gasteiger charge is 2.51. The van der Waals surface area contributed by atoms with Crippen LogP contribution in [0.5, 0.6) is 0 Å². The van der Waals surface area contributed by atoms with E-state index in [1.807, 2.05) is 0 Å². The van der Waals surface area contributed by atoms with Crippen LogP contribution < -0.4 is 21.5 Å². The monoisotopic (exact) mass is 443 g/mol. The molecule has 4 rings (SSSR count). The van der Waals surface area contributed by atoms with Crippen molar-refractivity contribution in [2.24, 2.45) is 23.7 Å². The molecule has 0 aromatic heterocycles. The summed E-state index contributed by atoms with van der Waals surface area (Å²) < 4.78 is 30.3. The van der Waals surface area contributed by atoms with Gasteiger partial charge in [-0.15, -0.1) is 0 Å². The smallest absolute Gasteiger partial charge is 0.280 e. The van der Waals surface area contributed by atoms with E-state index in [0.717, 1.165) is 32.1 Å². The van der Waals surface area contributed by atoms with E-state index in [-0.39, 0.29) is 42.5 Å². The Morgan fingerprint density at radius 3 is 2.65 bits per heavy atom. The molecule has 2 saturated heterocycles. The van der Waals surface area contributed by atoms with Gasteiger partial charge in [0, 0.05) is 24.6 Å². The molecule has 7 atom stereocenters. The van der Waals surface area contributed by atoms with Gasteiger partial charge in [0.2, 0.25) is 5.91 Å². The highest BCUT2D eigenvalue weighted by Crippen LogP contribution is 2.42. The lowest BCUT2D eigenvalue weighted by atomic mass is 9.75. The van der Waals surface area contributed by atoms with Crippen molar-refractivity contribution in [2.75, 3.05) is 20.3 Å². The van der Waals surface area contributed by atoms with Crippen molar-refractivity contribution in [3.8, 4) is 0 Å². The van der Waals surface area contributed by atoms with Gasteiger partial charge in [0.15, 0.2) is 0 Å². The summed E-state index contributed by atoms with van der Waals surface area (Å²) in [7, 11) is 1.69. The summed E-state index contributed by atoms with van der Waals surface area (Å²) >= 11 is 0. The summed E-state index contributed by atoms with van der Waals surface area (Å²) in [6, 6.07) is -0.0690. The van der Waals surface area contributed by atoms with E-state index in [1.165, 1.54) is 12.8 Å². The van der Waals surface area contributed by atoms with Crippen molar-refractivity contribution in [3.63, 3.8) is 0 Å². The van der Waals surface area contributed by atoms with Crippen molar-refractivity contribution in [3.05, 3.63) is 0 Å². The Labute approximate surface area is 184 Å². The van der Waals surface area contributed by atoms with Gasteiger partial charge < -0.3 is 15.7 Å². The molecule has 178 valence electrons. The van der Waals surface area contributed by atoms with Crippen molar-refractivity contribution in [1.82, 2.24) is 26.4 Å². The molecule has 1 amide bonds. The number of halogens is 2. The Bertz CT molecular complexity index is 635. The fourth-order valence-corrected chi connectivity index (χ4v) is 5.94. The average molecular weight is 444 g/mol. The molecule has 7 nitrogen and oxygen atoms in total. The largest absolute Gasteiger partial charge is 0.396 e. The lowest BCUT2D eigenvalue weighted by Gasteiger charge is -2.40. The quantitative estimate of drug-likeness (QED) is 0.409. The number of rotatable bonds is 7. The summed E-state index contributed by atoms with van der Waals surface area (Å²) in [6.45, 7) is 2.21. The number of carbonyl (C=O) groups is 1. The first kappa shape index (κ1) is 23.3. The zero-order chi connectivity index (χ0) is 22.2. The summed E-state index contributed by atoms with van der Waals surface area (Å²) in [5.41, 5.74) is 5.51. The molecule has 31 heavy (non-hydrogen) atoms. The number of nitrogens with one attached hydrogen (secondary N) is 4. The number of nitrogens with zero attached hydrogens (tertiary/aromatic N) is 1. The summed E-state index contributed by atoms with van der Waals surface area (Å²) in [6.07, 6.45) is 5.98. The summed E-state index contributed by atoms with van der Waals surface area (Å²) in [5, 5.41) is 16.3. The van der Waals surface area contributed by atoms with Crippen molar-refractivity contribution in [1.29, 1.82) is 0 Å². The van der Waals surface area contributed by atoms with Gasteiger partial charge in [-0.2, -0.15) is 0 Å². The molecule has 2 saturated carbocycles. The van der Waals surface area contributed by atoms with Gasteiger partial charge in [0.05, 0.1) is 12.7 Å². The second-order valence-corrected chi connectivity index (χ2v) is 10.3.